The molecule has 8 heteroatoms. The number of H-pyrrole nitrogens is 1. The number of nitrogens with zero attached hydrogens (tertiary/aromatic N) is 2. The van der Waals surface area contributed by atoms with Gasteiger partial charge in [0.25, 0.3) is 5.91 Å². The Bertz CT molecular complexity index is 1040. The number of aromatic amines is 1. The summed E-state index contributed by atoms with van der Waals surface area (Å²) in [5.74, 6) is -1.55. The molecule has 1 aromatic carbocycles. The van der Waals surface area contributed by atoms with E-state index in [2.05, 4.69) is 25.0 Å². The van der Waals surface area contributed by atoms with Gasteiger partial charge in [-0.2, -0.15) is 0 Å². The lowest BCUT2D eigenvalue weighted by Crippen LogP contribution is -2.29. The third-order valence-electron chi connectivity index (χ3n) is 3.81. The number of methoxy groups -OCH3 is 1. The van der Waals surface area contributed by atoms with Crippen molar-refractivity contribution in [2.24, 2.45) is 0 Å². The second-order valence-electron chi connectivity index (χ2n) is 5.65. The van der Waals surface area contributed by atoms with Crippen molar-refractivity contribution in [2.45, 2.75) is 13.5 Å². The summed E-state index contributed by atoms with van der Waals surface area (Å²) in [6.45, 7) is 2.26. The monoisotopic (exact) mass is 352 g/mol. The molecule has 0 aliphatic carbocycles. The number of ether oxygens (including phenoxy) is 1. The zero-order chi connectivity index (χ0) is 18.7. The third kappa shape index (κ3) is 3.44. The molecule has 3 aromatic rings. The lowest BCUT2D eigenvalue weighted by molar-refractivity contribution is 0.0587. The molecule has 3 rings (SSSR count). The molecule has 0 aliphatic heterocycles. The van der Waals surface area contributed by atoms with Gasteiger partial charge in [0.15, 0.2) is 0 Å². The van der Waals surface area contributed by atoms with Crippen LogP contribution in [0, 0.1) is 6.92 Å². The van der Waals surface area contributed by atoms with Crippen molar-refractivity contribution in [3.05, 3.63) is 69.4 Å². The summed E-state index contributed by atoms with van der Waals surface area (Å²) in [5, 5.41) is 2.69. The number of benzene rings is 1. The van der Waals surface area contributed by atoms with Crippen LogP contribution >= 0.6 is 0 Å². The number of hydrogen-bond donors (Lipinski definition) is 2. The summed E-state index contributed by atoms with van der Waals surface area (Å²) in [7, 11) is 1.19. The standard InChI is InChI=1S/C18H16N4O4/c1-10-3-5-11(6-4-10)7-21-17(24)12-8-19-13-9-20-16(18(25)26-2)22-14(13)15(12)23/h3-6,8-9H,7H2,1-2H3,(H,19,23)(H,21,24). The van der Waals surface area contributed by atoms with Crippen LogP contribution in [0.25, 0.3) is 11.0 Å². The van der Waals surface area contributed by atoms with E-state index in [1.807, 2.05) is 31.2 Å². The number of nitrogens with one attached hydrogen (secondary N) is 2. The third-order valence-corrected chi connectivity index (χ3v) is 3.81. The molecule has 0 saturated carbocycles. The van der Waals surface area contributed by atoms with Gasteiger partial charge >= 0.3 is 5.97 Å². The Morgan fingerprint density at radius 1 is 1.23 bits per heavy atom. The second kappa shape index (κ2) is 7.14. The molecule has 132 valence electrons. The van der Waals surface area contributed by atoms with Gasteiger partial charge in [0, 0.05) is 12.7 Å². The van der Waals surface area contributed by atoms with Crippen molar-refractivity contribution in [3.8, 4) is 0 Å². The summed E-state index contributed by atoms with van der Waals surface area (Å²) in [6.07, 6.45) is 2.60. The zero-order valence-corrected chi connectivity index (χ0v) is 14.2. The summed E-state index contributed by atoms with van der Waals surface area (Å²) in [4.78, 5) is 47.0. The molecule has 0 fully saturated rings. The highest BCUT2D eigenvalue weighted by atomic mass is 16.5. The normalized spacial score (nSPS) is 10.5. The molecule has 0 atom stereocenters. The number of rotatable bonds is 4. The number of amides is 1. The first-order valence-corrected chi connectivity index (χ1v) is 7.80. The van der Waals surface area contributed by atoms with E-state index in [9.17, 15) is 14.4 Å². The van der Waals surface area contributed by atoms with Crippen molar-refractivity contribution >= 4 is 22.9 Å². The molecule has 0 spiro atoms. The lowest BCUT2D eigenvalue weighted by atomic mass is 10.1. The topological polar surface area (TPSA) is 114 Å². The second-order valence-corrected chi connectivity index (χ2v) is 5.65. The van der Waals surface area contributed by atoms with Crippen LogP contribution in [-0.2, 0) is 11.3 Å². The maximum absolute atomic E-state index is 12.6. The van der Waals surface area contributed by atoms with Gasteiger partial charge in [0.2, 0.25) is 11.3 Å². The number of carbonyl (C=O) groups is 2. The first-order valence-electron chi connectivity index (χ1n) is 7.80. The zero-order valence-electron chi connectivity index (χ0n) is 14.2. The van der Waals surface area contributed by atoms with Gasteiger partial charge in [0.1, 0.15) is 11.1 Å². The van der Waals surface area contributed by atoms with Gasteiger partial charge in [-0.15, -0.1) is 0 Å². The van der Waals surface area contributed by atoms with Gasteiger partial charge < -0.3 is 15.0 Å². The molecule has 0 radical (unpaired) electrons. The highest BCUT2D eigenvalue weighted by Gasteiger charge is 2.16. The van der Waals surface area contributed by atoms with Gasteiger partial charge in [0.05, 0.1) is 18.8 Å². The summed E-state index contributed by atoms with van der Waals surface area (Å²) >= 11 is 0. The van der Waals surface area contributed by atoms with Crippen LogP contribution in [0.5, 0.6) is 0 Å². The van der Waals surface area contributed by atoms with Crippen molar-refractivity contribution in [1.29, 1.82) is 0 Å². The van der Waals surface area contributed by atoms with Crippen LogP contribution < -0.4 is 10.7 Å². The van der Waals surface area contributed by atoms with Crippen molar-refractivity contribution in [1.82, 2.24) is 20.3 Å². The predicted octanol–water partition coefficient (Wildman–Crippen LogP) is 1.34. The predicted molar refractivity (Wildman–Crippen MR) is 93.8 cm³/mol. The SMILES string of the molecule is COC(=O)c1ncc2[nH]cc(C(=O)NCc3ccc(C)cc3)c(=O)c2n1. The Balaban J connectivity index is 1.87. The van der Waals surface area contributed by atoms with Crippen molar-refractivity contribution in [2.75, 3.05) is 7.11 Å². The Hall–Kier alpha value is -3.55. The minimum absolute atomic E-state index is 0.0524. The van der Waals surface area contributed by atoms with E-state index < -0.39 is 17.3 Å². The maximum atomic E-state index is 12.6. The summed E-state index contributed by atoms with van der Waals surface area (Å²) in [6, 6.07) is 7.68. The van der Waals surface area contributed by atoms with Crippen molar-refractivity contribution in [3.63, 3.8) is 0 Å². The molecule has 0 aliphatic rings. The molecular weight excluding hydrogens is 336 g/mol. The van der Waals surface area contributed by atoms with Crippen LogP contribution in [-0.4, -0.2) is 33.9 Å². The molecular formula is C18H16N4O4. The van der Waals surface area contributed by atoms with Gasteiger partial charge in [-0.3, -0.25) is 9.59 Å². The maximum Gasteiger partial charge on any atom is 0.376 e. The van der Waals surface area contributed by atoms with E-state index in [0.29, 0.717) is 5.52 Å². The fourth-order valence-corrected chi connectivity index (χ4v) is 2.35. The minimum Gasteiger partial charge on any atom is -0.463 e. The average Bonchev–Trinajstić information content (AvgIpc) is 2.67. The first-order chi connectivity index (χ1) is 12.5. The smallest absolute Gasteiger partial charge is 0.376 e. The fourth-order valence-electron chi connectivity index (χ4n) is 2.35. The quantitative estimate of drug-likeness (QED) is 0.685. The Kier molecular flexibility index (Phi) is 4.74. The molecule has 1 amide bonds. The Morgan fingerprint density at radius 2 is 1.96 bits per heavy atom. The Morgan fingerprint density at radius 3 is 2.65 bits per heavy atom. The molecule has 2 N–H and O–H groups in total. The lowest BCUT2D eigenvalue weighted by Gasteiger charge is -2.06. The molecule has 8 nitrogen and oxygen atoms in total. The number of carbonyl (C=O) groups excluding carboxylic acids is 2. The van der Waals surface area contributed by atoms with Crippen LogP contribution in [0.4, 0.5) is 0 Å². The number of hydrogen-bond acceptors (Lipinski definition) is 6. The van der Waals surface area contributed by atoms with E-state index in [-0.39, 0.29) is 23.4 Å². The first kappa shape index (κ1) is 17.3. The Labute approximate surface area is 148 Å². The van der Waals surface area contributed by atoms with E-state index in [4.69, 9.17) is 0 Å². The van der Waals surface area contributed by atoms with E-state index in [1.165, 1.54) is 19.5 Å². The van der Waals surface area contributed by atoms with Gasteiger partial charge in [-0.25, -0.2) is 14.8 Å². The molecule has 26 heavy (non-hydrogen) atoms. The number of aryl methyl sites for hydroxylation is 1. The van der Waals surface area contributed by atoms with Crippen LogP contribution in [0.3, 0.4) is 0 Å². The highest BCUT2D eigenvalue weighted by molar-refractivity contribution is 5.96. The van der Waals surface area contributed by atoms with Gasteiger partial charge in [-0.05, 0) is 12.5 Å². The van der Waals surface area contributed by atoms with Crippen molar-refractivity contribution < 1.29 is 14.3 Å². The molecule has 0 saturated heterocycles. The highest BCUT2D eigenvalue weighted by Crippen LogP contribution is 2.07. The fraction of sp³-hybridized carbons (Fsp3) is 0.167. The van der Waals surface area contributed by atoms with Crippen LogP contribution in [0.15, 0.2) is 41.5 Å². The van der Waals surface area contributed by atoms with E-state index in [1.54, 1.807) is 0 Å². The number of esters is 1. The van der Waals surface area contributed by atoms with Crippen LogP contribution in [0.2, 0.25) is 0 Å². The van der Waals surface area contributed by atoms with E-state index in [0.717, 1.165) is 11.1 Å². The molecule has 2 aromatic heterocycles. The van der Waals surface area contributed by atoms with E-state index >= 15 is 0 Å². The number of aromatic nitrogens is 3. The average molecular weight is 352 g/mol. The molecule has 0 bridgehead atoms. The number of fused-ring (bicyclic) bond motifs is 1. The largest absolute Gasteiger partial charge is 0.463 e. The molecule has 0 unspecified atom stereocenters. The van der Waals surface area contributed by atoms with Gasteiger partial charge in [-0.1, -0.05) is 29.8 Å². The minimum atomic E-state index is -0.763. The summed E-state index contributed by atoms with van der Waals surface area (Å²) < 4.78 is 4.54. The molecule has 2 heterocycles. The number of pyridine rings is 1. The van der Waals surface area contributed by atoms with Crippen LogP contribution in [0.1, 0.15) is 32.1 Å². The summed E-state index contributed by atoms with van der Waals surface area (Å²) in [5.41, 5.74) is 1.61.